The third-order valence-electron chi connectivity index (χ3n) is 5.47. The Labute approximate surface area is 190 Å². The Morgan fingerprint density at radius 3 is 2.72 bits per heavy atom. The summed E-state index contributed by atoms with van der Waals surface area (Å²) in [7, 11) is 0. The van der Waals surface area contributed by atoms with Gasteiger partial charge in [0.25, 0.3) is 0 Å². The molecule has 1 aliphatic carbocycles. The first kappa shape index (κ1) is 23.3. The first-order valence-electron chi connectivity index (χ1n) is 10.9. The van der Waals surface area contributed by atoms with Crippen molar-refractivity contribution in [1.82, 2.24) is 20.6 Å². The van der Waals surface area contributed by atoms with Crippen molar-refractivity contribution in [3.05, 3.63) is 95.9 Å². The van der Waals surface area contributed by atoms with Gasteiger partial charge in [-0.3, -0.25) is 0 Å². The Morgan fingerprint density at radius 1 is 1.22 bits per heavy atom. The normalized spacial score (nSPS) is 17.4. The van der Waals surface area contributed by atoms with E-state index in [9.17, 15) is 4.39 Å². The highest BCUT2D eigenvalue weighted by Gasteiger charge is 2.27. The number of hydrogen-bond donors (Lipinski definition) is 3. The van der Waals surface area contributed by atoms with Gasteiger partial charge in [-0.2, -0.15) is 0 Å². The SMILES string of the molecule is C=C(C)NC1=CCC(C)(c2ccnc(NCCCNC(=C)c3c(C)cccc3F)n2)C=C1. The lowest BCUT2D eigenvalue weighted by atomic mass is 9.80. The van der Waals surface area contributed by atoms with E-state index in [1.807, 2.05) is 26.0 Å². The van der Waals surface area contributed by atoms with E-state index in [2.05, 4.69) is 59.2 Å². The largest absolute Gasteiger partial charge is 0.385 e. The molecule has 0 radical (unpaired) electrons. The van der Waals surface area contributed by atoms with Crippen LogP contribution in [0.4, 0.5) is 10.3 Å². The fourth-order valence-electron chi connectivity index (χ4n) is 3.65. The fraction of sp³-hybridized carbons (Fsp3) is 0.308. The molecule has 1 aromatic heterocycles. The summed E-state index contributed by atoms with van der Waals surface area (Å²) in [4.78, 5) is 9.08. The van der Waals surface area contributed by atoms with Crippen LogP contribution in [0.5, 0.6) is 0 Å². The predicted octanol–water partition coefficient (Wildman–Crippen LogP) is 5.21. The Kier molecular flexibility index (Phi) is 7.46. The molecular weight excluding hydrogens is 401 g/mol. The fourth-order valence-corrected chi connectivity index (χ4v) is 3.65. The van der Waals surface area contributed by atoms with E-state index in [-0.39, 0.29) is 11.2 Å². The zero-order valence-corrected chi connectivity index (χ0v) is 19.1. The lowest BCUT2D eigenvalue weighted by Gasteiger charge is -2.28. The first-order chi connectivity index (χ1) is 15.3. The molecule has 5 nitrogen and oxygen atoms in total. The topological polar surface area (TPSA) is 61.9 Å². The van der Waals surface area contributed by atoms with Crippen LogP contribution < -0.4 is 16.0 Å². The minimum atomic E-state index is -0.256. The van der Waals surface area contributed by atoms with Crippen LogP contribution in [0, 0.1) is 12.7 Å². The highest BCUT2D eigenvalue weighted by atomic mass is 19.1. The van der Waals surface area contributed by atoms with E-state index in [0.717, 1.165) is 35.5 Å². The summed E-state index contributed by atoms with van der Waals surface area (Å²) in [5.41, 5.74) is 4.77. The number of benzene rings is 1. The van der Waals surface area contributed by atoms with Gasteiger partial charge in [0.05, 0.1) is 5.69 Å². The number of anilines is 1. The summed E-state index contributed by atoms with van der Waals surface area (Å²) >= 11 is 0. The third kappa shape index (κ3) is 5.84. The minimum absolute atomic E-state index is 0.184. The lowest BCUT2D eigenvalue weighted by molar-refractivity contribution is 0.571. The molecular formula is C26H32FN5. The van der Waals surface area contributed by atoms with Crippen molar-refractivity contribution < 1.29 is 4.39 Å². The maximum Gasteiger partial charge on any atom is 0.222 e. The van der Waals surface area contributed by atoms with Crippen LogP contribution in [0.1, 0.15) is 43.5 Å². The second kappa shape index (κ2) is 10.3. The van der Waals surface area contributed by atoms with Crippen molar-refractivity contribution in [2.24, 2.45) is 0 Å². The summed E-state index contributed by atoms with van der Waals surface area (Å²) in [6, 6.07) is 7.00. The molecule has 3 rings (SSSR count). The monoisotopic (exact) mass is 433 g/mol. The Hall–Kier alpha value is -3.41. The molecule has 1 unspecified atom stereocenters. The molecule has 0 amide bonds. The first-order valence-corrected chi connectivity index (χ1v) is 10.9. The Bertz CT molecular complexity index is 1040. The number of aromatic nitrogens is 2. The number of halogens is 1. The van der Waals surface area contributed by atoms with E-state index in [1.165, 1.54) is 6.07 Å². The summed E-state index contributed by atoms with van der Waals surface area (Å²) in [6.07, 6.45) is 9.86. The zero-order chi connectivity index (χ0) is 23.1. The van der Waals surface area contributed by atoms with Gasteiger partial charge in [-0.05, 0) is 50.5 Å². The molecule has 0 spiro atoms. The van der Waals surface area contributed by atoms with Crippen LogP contribution in [-0.4, -0.2) is 23.1 Å². The van der Waals surface area contributed by atoms with E-state index >= 15 is 0 Å². The van der Waals surface area contributed by atoms with Crippen molar-refractivity contribution >= 4 is 11.6 Å². The molecule has 1 heterocycles. The summed E-state index contributed by atoms with van der Waals surface area (Å²) in [5, 5.41) is 9.74. The van der Waals surface area contributed by atoms with E-state index < -0.39 is 0 Å². The highest BCUT2D eigenvalue weighted by molar-refractivity contribution is 5.65. The van der Waals surface area contributed by atoms with Crippen molar-refractivity contribution in [2.45, 2.75) is 39.0 Å². The van der Waals surface area contributed by atoms with E-state index in [1.54, 1.807) is 12.3 Å². The average Bonchev–Trinajstić information content (AvgIpc) is 2.75. The second-order valence-corrected chi connectivity index (χ2v) is 8.40. The number of nitrogens with one attached hydrogen (secondary N) is 3. The number of allylic oxidation sites excluding steroid dienone is 4. The number of hydrogen-bond acceptors (Lipinski definition) is 5. The van der Waals surface area contributed by atoms with Crippen LogP contribution in [0.25, 0.3) is 5.70 Å². The molecule has 0 aliphatic heterocycles. The van der Waals surface area contributed by atoms with Gasteiger partial charge in [0.15, 0.2) is 0 Å². The molecule has 1 aliphatic rings. The number of nitrogens with zero attached hydrogens (tertiary/aromatic N) is 2. The average molecular weight is 434 g/mol. The van der Waals surface area contributed by atoms with Crippen LogP contribution >= 0.6 is 0 Å². The van der Waals surface area contributed by atoms with Crippen LogP contribution in [0.2, 0.25) is 0 Å². The molecule has 0 fully saturated rings. The van der Waals surface area contributed by atoms with Gasteiger partial charge in [-0.15, -0.1) is 0 Å². The van der Waals surface area contributed by atoms with E-state index in [0.29, 0.717) is 30.3 Å². The Morgan fingerprint density at radius 2 is 2.03 bits per heavy atom. The van der Waals surface area contributed by atoms with Crippen molar-refractivity contribution in [1.29, 1.82) is 0 Å². The van der Waals surface area contributed by atoms with Crippen LogP contribution in [0.15, 0.2) is 73.2 Å². The standard InChI is InChI=1S/C26H32FN5/c1-18(2)31-21-10-13-26(5,14-11-21)23-12-17-30-25(32-23)29-16-7-15-28-20(4)24-19(3)8-6-9-22(24)27/h6,8-13,17,28,31H,1,4,7,14-16H2,2-3,5H3,(H,29,30,32). The van der Waals surface area contributed by atoms with Crippen LogP contribution in [-0.2, 0) is 5.41 Å². The van der Waals surface area contributed by atoms with Gasteiger partial charge in [-0.25, -0.2) is 14.4 Å². The molecule has 1 atom stereocenters. The van der Waals surface area contributed by atoms with Gasteiger partial charge >= 0.3 is 0 Å². The smallest absolute Gasteiger partial charge is 0.222 e. The van der Waals surface area contributed by atoms with Gasteiger partial charge in [-0.1, -0.05) is 44.4 Å². The molecule has 3 N–H and O–H groups in total. The summed E-state index contributed by atoms with van der Waals surface area (Å²) in [6.45, 7) is 15.2. The van der Waals surface area contributed by atoms with Gasteiger partial charge in [0.1, 0.15) is 5.82 Å². The second-order valence-electron chi connectivity index (χ2n) is 8.40. The number of aryl methyl sites for hydroxylation is 1. The lowest BCUT2D eigenvalue weighted by Crippen LogP contribution is -2.25. The van der Waals surface area contributed by atoms with E-state index in [4.69, 9.17) is 4.98 Å². The van der Waals surface area contributed by atoms with Crippen LogP contribution in [0.3, 0.4) is 0 Å². The van der Waals surface area contributed by atoms with Crippen molar-refractivity contribution in [3.63, 3.8) is 0 Å². The molecule has 32 heavy (non-hydrogen) atoms. The van der Waals surface area contributed by atoms with Crippen molar-refractivity contribution in [3.8, 4) is 0 Å². The molecule has 2 aromatic rings. The molecule has 0 saturated carbocycles. The zero-order valence-electron chi connectivity index (χ0n) is 19.1. The van der Waals surface area contributed by atoms with Gasteiger partial charge in [0, 0.05) is 47.4 Å². The Balaban J connectivity index is 1.50. The molecule has 168 valence electrons. The molecule has 1 aromatic carbocycles. The highest BCUT2D eigenvalue weighted by Crippen LogP contribution is 2.32. The minimum Gasteiger partial charge on any atom is -0.385 e. The summed E-state index contributed by atoms with van der Waals surface area (Å²) in [5.74, 6) is 0.351. The number of rotatable bonds is 10. The summed E-state index contributed by atoms with van der Waals surface area (Å²) < 4.78 is 14.1. The molecule has 0 saturated heterocycles. The maximum atomic E-state index is 14.1. The van der Waals surface area contributed by atoms with Gasteiger partial charge < -0.3 is 16.0 Å². The third-order valence-corrected chi connectivity index (χ3v) is 5.47. The van der Waals surface area contributed by atoms with Crippen molar-refractivity contribution in [2.75, 3.05) is 18.4 Å². The predicted molar refractivity (Wildman–Crippen MR) is 130 cm³/mol. The quantitative estimate of drug-likeness (QED) is 0.449. The maximum absolute atomic E-state index is 14.1. The molecule has 6 heteroatoms. The molecule has 0 bridgehead atoms. The van der Waals surface area contributed by atoms with Gasteiger partial charge in [0.2, 0.25) is 5.95 Å².